The predicted molar refractivity (Wildman–Crippen MR) is 98.6 cm³/mol. The van der Waals surface area contributed by atoms with Crippen LogP contribution in [-0.4, -0.2) is 70.9 Å². The number of primary amides is 1. The molecule has 0 aliphatic carbocycles. The van der Waals surface area contributed by atoms with Gasteiger partial charge in [0.15, 0.2) is 0 Å². The Bertz CT molecular complexity index is 547. The molecule has 0 spiro atoms. The molecule has 0 aromatic rings. The monoisotopic (exact) mass is 409 g/mol. The lowest BCUT2D eigenvalue weighted by Crippen LogP contribution is -2.57. The molecule has 0 aliphatic heterocycles. The Labute approximate surface area is 160 Å². The Morgan fingerprint density at radius 1 is 0.923 bits per heavy atom. The molecule has 3 atom stereocenters. The molecule has 148 valence electrons. The Hall–Kier alpha value is -1.99. The molecule has 8 N–H and O–H groups in total. The van der Waals surface area contributed by atoms with Crippen molar-refractivity contribution in [2.45, 2.75) is 31.0 Å². The number of nitrogens with one attached hydrogen (secondary N) is 3. The summed E-state index contributed by atoms with van der Waals surface area (Å²) in [6.45, 7) is -0.611. The molecule has 0 saturated heterocycles. The highest BCUT2D eigenvalue weighted by Gasteiger charge is 2.27. The molecular weight excluding hydrogens is 386 g/mol. The average molecular weight is 409 g/mol. The first-order valence-corrected chi connectivity index (χ1v) is 8.74. The number of aliphatic carboxylic acids is 1. The van der Waals surface area contributed by atoms with Gasteiger partial charge in [-0.1, -0.05) is 0 Å². The molecule has 26 heavy (non-hydrogen) atoms. The van der Waals surface area contributed by atoms with Crippen LogP contribution in [0.2, 0.25) is 0 Å². The van der Waals surface area contributed by atoms with Gasteiger partial charge in [-0.2, -0.15) is 25.3 Å². The van der Waals surface area contributed by atoms with Crippen LogP contribution in [0, 0.1) is 0 Å². The lowest BCUT2D eigenvalue weighted by Gasteiger charge is -2.22. The number of nitrogens with two attached hydrogens (primary N) is 2. The van der Waals surface area contributed by atoms with E-state index in [1.807, 2.05) is 0 Å². The van der Waals surface area contributed by atoms with E-state index in [-0.39, 0.29) is 24.3 Å². The van der Waals surface area contributed by atoms with Gasteiger partial charge in [0.2, 0.25) is 23.6 Å². The van der Waals surface area contributed by atoms with Crippen molar-refractivity contribution in [3.8, 4) is 0 Å². The van der Waals surface area contributed by atoms with Gasteiger partial charge in [0.05, 0.1) is 6.04 Å². The SMILES string of the molecule is NC(=O)CCC(N)C(=O)NC(CS)C(=O)NC(CS)C(=O)NCC(=O)O. The van der Waals surface area contributed by atoms with E-state index in [4.69, 9.17) is 16.6 Å². The first-order valence-electron chi connectivity index (χ1n) is 7.48. The summed E-state index contributed by atoms with van der Waals surface area (Å²) in [5.41, 5.74) is 10.6. The number of carbonyl (C=O) groups excluding carboxylic acids is 4. The van der Waals surface area contributed by atoms with Crippen LogP contribution < -0.4 is 27.4 Å². The van der Waals surface area contributed by atoms with Crippen LogP contribution in [-0.2, 0) is 24.0 Å². The van der Waals surface area contributed by atoms with Gasteiger partial charge < -0.3 is 32.5 Å². The molecule has 0 aromatic heterocycles. The molecule has 0 heterocycles. The summed E-state index contributed by atoms with van der Waals surface area (Å²) in [5, 5.41) is 15.3. The number of thiol groups is 2. The fourth-order valence-electron chi connectivity index (χ4n) is 1.65. The van der Waals surface area contributed by atoms with Crippen molar-refractivity contribution < 1.29 is 29.1 Å². The fraction of sp³-hybridized carbons (Fsp3) is 0.615. The van der Waals surface area contributed by atoms with Gasteiger partial charge in [-0.05, 0) is 6.42 Å². The second-order valence-corrected chi connectivity index (χ2v) is 5.94. The van der Waals surface area contributed by atoms with Gasteiger partial charge in [0.25, 0.3) is 0 Å². The number of carboxylic acids is 1. The van der Waals surface area contributed by atoms with Crippen molar-refractivity contribution >= 4 is 54.9 Å². The lowest BCUT2D eigenvalue weighted by molar-refractivity contribution is -0.138. The smallest absolute Gasteiger partial charge is 0.322 e. The lowest BCUT2D eigenvalue weighted by atomic mass is 10.1. The highest BCUT2D eigenvalue weighted by Crippen LogP contribution is 1.98. The summed E-state index contributed by atoms with van der Waals surface area (Å²) in [6.07, 6.45) is -0.0727. The minimum Gasteiger partial charge on any atom is -0.480 e. The fourth-order valence-corrected chi connectivity index (χ4v) is 2.17. The van der Waals surface area contributed by atoms with Crippen molar-refractivity contribution in [2.24, 2.45) is 11.5 Å². The van der Waals surface area contributed by atoms with Crippen LogP contribution in [0.5, 0.6) is 0 Å². The maximum Gasteiger partial charge on any atom is 0.322 e. The van der Waals surface area contributed by atoms with Crippen LogP contribution >= 0.6 is 25.3 Å². The number of carboxylic acid groups (broad SMARTS) is 1. The minimum atomic E-state index is -1.24. The first-order chi connectivity index (χ1) is 12.1. The van der Waals surface area contributed by atoms with Crippen LogP contribution in [0.25, 0.3) is 0 Å². The molecule has 3 unspecified atom stereocenters. The van der Waals surface area contributed by atoms with Crippen LogP contribution in [0.3, 0.4) is 0 Å². The van der Waals surface area contributed by atoms with Crippen molar-refractivity contribution in [1.29, 1.82) is 0 Å². The topological polar surface area (TPSA) is 194 Å². The van der Waals surface area contributed by atoms with Gasteiger partial charge in [0.1, 0.15) is 18.6 Å². The zero-order chi connectivity index (χ0) is 20.3. The summed E-state index contributed by atoms with van der Waals surface area (Å²) in [5.74, 6) is -4.18. The van der Waals surface area contributed by atoms with E-state index >= 15 is 0 Å². The zero-order valence-electron chi connectivity index (χ0n) is 13.8. The maximum atomic E-state index is 12.2. The standard InChI is InChI=1S/C13H23N5O6S2/c14-6(1-2-9(15)19)11(22)17-8(5-26)13(24)18-7(4-25)12(23)16-3-10(20)21/h6-8,25-26H,1-5,14H2,(H2,15,19)(H,16,23)(H,17,22)(H,18,24)(H,20,21). The Kier molecular flexibility index (Phi) is 11.4. The third-order valence-corrected chi connectivity index (χ3v) is 3.81. The second-order valence-electron chi connectivity index (χ2n) is 5.21. The highest BCUT2D eigenvalue weighted by atomic mass is 32.1. The summed E-state index contributed by atoms with van der Waals surface area (Å²) < 4.78 is 0. The third kappa shape index (κ3) is 9.48. The average Bonchev–Trinajstić information content (AvgIpc) is 2.59. The molecule has 0 fully saturated rings. The number of hydrogen-bond acceptors (Lipinski definition) is 8. The normalized spacial score (nSPS) is 13.8. The summed E-state index contributed by atoms with van der Waals surface area (Å²) >= 11 is 7.89. The maximum absolute atomic E-state index is 12.2. The highest BCUT2D eigenvalue weighted by molar-refractivity contribution is 7.80. The molecule has 4 amide bonds. The molecular formula is C13H23N5O6S2. The van der Waals surface area contributed by atoms with Crippen molar-refractivity contribution in [1.82, 2.24) is 16.0 Å². The van der Waals surface area contributed by atoms with E-state index < -0.39 is 54.3 Å². The quantitative estimate of drug-likeness (QED) is 0.154. The van der Waals surface area contributed by atoms with Gasteiger partial charge in [-0.25, -0.2) is 0 Å². The van der Waals surface area contributed by atoms with Crippen LogP contribution in [0.1, 0.15) is 12.8 Å². The Morgan fingerprint density at radius 3 is 1.88 bits per heavy atom. The molecule has 0 aliphatic rings. The Balaban J connectivity index is 4.70. The Morgan fingerprint density at radius 2 is 1.42 bits per heavy atom. The molecule has 0 aromatic carbocycles. The van der Waals surface area contributed by atoms with Gasteiger partial charge in [0, 0.05) is 17.9 Å². The summed E-state index contributed by atoms with van der Waals surface area (Å²) in [4.78, 5) is 57.1. The van der Waals surface area contributed by atoms with Gasteiger partial charge in [-0.15, -0.1) is 0 Å². The molecule has 0 bridgehead atoms. The number of hydrogen-bond donors (Lipinski definition) is 8. The largest absolute Gasteiger partial charge is 0.480 e. The number of rotatable bonds is 12. The summed E-state index contributed by atoms with van der Waals surface area (Å²) in [6, 6.07) is -3.25. The molecule has 0 saturated carbocycles. The van der Waals surface area contributed by atoms with Crippen molar-refractivity contribution in [2.75, 3.05) is 18.1 Å². The zero-order valence-corrected chi connectivity index (χ0v) is 15.6. The summed E-state index contributed by atoms with van der Waals surface area (Å²) in [7, 11) is 0. The predicted octanol–water partition coefficient (Wildman–Crippen LogP) is -3.39. The molecule has 0 rings (SSSR count). The number of amides is 4. The minimum absolute atomic E-state index is 0.0128. The number of carbonyl (C=O) groups is 5. The second kappa shape index (κ2) is 12.4. The van der Waals surface area contributed by atoms with E-state index in [2.05, 4.69) is 41.2 Å². The first kappa shape index (κ1) is 24.0. The molecule has 0 radical (unpaired) electrons. The van der Waals surface area contributed by atoms with E-state index in [1.54, 1.807) is 0 Å². The van der Waals surface area contributed by atoms with Gasteiger partial charge >= 0.3 is 5.97 Å². The van der Waals surface area contributed by atoms with Crippen molar-refractivity contribution in [3.05, 3.63) is 0 Å². The van der Waals surface area contributed by atoms with Crippen LogP contribution in [0.15, 0.2) is 0 Å². The third-order valence-electron chi connectivity index (χ3n) is 3.08. The van der Waals surface area contributed by atoms with Crippen LogP contribution in [0.4, 0.5) is 0 Å². The van der Waals surface area contributed by atoms with E-state index in [1.165, 1.54) is 0 Å². The van der Waals surface area contributed by atoms with Gasteiger partial charge in [-0.3, -0.25) is 24.0 Å². The van der Waals surface area contributed by atoms with E-state index in [9.17, 15) is 24.0 Å². The molecule has 11 nitrogen and oxygen atoms in total. The van der Waals surface area contributed by atoms with E-state index in [0.29, 0.717) is 0 Å². The van der Waals surface area contributed by atoms with Crippen molar-refractivity contribution in [3.63, 3.8) is 0 Å². The van der Waals surface area contributed by atoms with E-state index in [0.717, 1.165) is 0 Å². The molecule has 13 heteroatoms.